The summed E-state index contributed by atoms with van der Waals surface area (Å²) in [6.45, 7) is 6.86. The van der Waals surface area contributed by atoms with Crippen molar-refractivity contribution in [3.05, 3.63) is 35.4 Å². The maximum Gasteiger partial charge on any atom is 0.0716 e. The summed E-state index contributed by atoms with van der Waals surface area (Å²) in [5, 5.41) is 3.41. The SMILES string of the molecule is CCCNCc1ccc(COCCCN(C)C)cc1. The van der Waals surface area contributed by atoms with E-state index in [0.29, 0.717) is 0 Å². The molecule has 19 heavy (non-hydrogen) atoms. The van der Waals surface area contributed by atoms with Crippen LogP contribution in [0.2, 0.25) is 0 Å². The van der Waals surface area contributed by atoms with Crippen LogP contribution in [-0.4, -0.2) is 38.7 Å². The summed E-state index contributed by atoms with van der Waals surface area (Å²) in [6, 6.07) is 8.69. The second kappa shape index (κ2) is 9.96. The molecule has 0 unspecified atom stereocenters. The minimum absolute atomic E-state index is 0.718. The van der Waals surface area contributed by atoms with Gasteiger partial charge < -0.3 is 15.0 Å². The fourth-order valence-electron chi connectivity index (χ4n) is 1.84. The van der Waals surface area contributed by atoms with Crippen LogP contribution in [0.3, 0.4) is 0 Å². The van der Waals surface area contributed by atoms with E-state index in [1.54, 1.807) is 0 Å². The summed E-state index contributed by atoms with van der Waals surface area (Å²) >= 11 is 0. The highest BCUT2D eigenvalue weighted by atomic mass is 16.5. The van der Waals surface area contributed by atoms with Gasteiger partial charge in [0, 0.05) is 13.2 Å². The largest absolute Gasteiger partial charge is 0.377 e. The number of hydrogen-bond donors (Lipinski definition) is 1. The van der Waals surface area contributed by atoms with Gasteiger partial charge in [-0.1, -0.05) is 31.2 Å². The Morgan fingerprint density at radius 3 is 2.42 bits per heavy atom. The number of hydrogen-bond acceptors (Lipinski definition) is 3. The fraction of sp³-hybridized carbons (Fsp3) is 0.625. The maximum absolute atomic E-state index is 5.67. The third-order valence-electron chi connectivity index (χ3n) is 2.94. The standard InChI is InChI=1S/C16H28N2O/c1-4-10-17-13-15-6-8-16(9-7-15)14-19-12-5-11-18(2)3/h6-9,17H,4-5,10-14H2,1-3H3. The smallest absolute Gasteiger partial charge is 0.0716 e. The number of ether oxygens (including phenoxy) is 1. The molecule has 3 heteroatoms. The van der Waals surface area contributed by atoms with E-state index in [4.69, 9.17) is 4.74 Å². The summed E-state index contributed by atoms with van der Waals surface area (Å²) in [5.74, 6) is 0. The van der Waals surface area contributed by atoms with Crippen LogP contribution >= 0.6 is 0 Å². The van der Waals surface area contributed by atoms with Crippen LogP contribution in [0.1, 0.15) is 30.9 Å². The van der Waals surface area contributed by atoms with Crippen molar-refractivity contribution >= 4 is 0 Å². The molecule has 1 aromatic carbocycles. The first kappa shape index (κ1) is 16.2. The van der Waals surface area contributed by atoms with E-state index in [-0.39, 0.29) is 0 Å². The van der Waals surface area contributed by atoms with Crippen molar-refractivity contribution in [1.82, 2.24) is 10.2 Å². The second-order valence-electron chi connectivity index (χ2n) is 5.20. The molecule has 0 aliphatic rings. The molecule has 0 aliphatic heterocycles. The van der Waals surface area contributed by atoms with Crippen molar-refractivity contribution in [3.63, 3.8) is 0 Å². The highest BCUT2D eigenvalue weighted by Gasteiger charge is 1.96. The summed E-state index contributed by atoms with van der Waals surface area (Å²) in [4.78, 5) is 2.18. The third kappa shape index (κ3) is 7.98. The molecule has 0 saturated heterocycles. The van der Waals surface area contributed by atoms with Crippen LogP contribution in [0.4, 0.5) is 0 Å². The van der Waals surface area contributed by atoms with E-state index in [2.05, 4.69) is 55.5 Å². The molecular weight excluding hydrogens is 236 g/mol. The highest BCUT2D eigenvalue weighted by Crippen LogP contribution is 2.06. The second-order valence-corrected chi connectivity index (χ2v) is 5.20. The van der Waals surface area contributed by atoms with Gasteiger partial charge in [-0.15, -0.1) is 0 Å². The number of nitrogens with one attached hydrogen (secondary N) is 1. The molecule has 0 aliphatic carbocycles. The molecule has 0 bridgehead atoms. The van der Waals surface area contributed by atoms with E-state index >= 15 is 0 Å². The Kier molecular flexibility index (Phi) is 8.47. The van der Waals surface area contributed by atoms with E-state index in [0.717, 1.165) is 39.3 Å². The molecule has 1 rings (SSSR count). The van der Waals surface area contributed by atoms with Gasteiger partial charge in [0.05, 0.1) is 6.61 Å². The van der Waals surface area contributed by atoms with Crippen LogP contribution in [-0.2, 0) is 17.9 Å². The lowest BCUT2D eigenvalue weighted by molar-refractivity contribution is 0.113. The van der Waals surface area contributed by atoms with Crippen LogP contribution in [0, 0.1) is 0 Å². The molecule has 0 amide bonds. The molecular formula is C16H28N2O. The van der Waals surface area contributed by atoms with Gasteiger partial charge in [0.25, 0.3) is 0 Å². The monoisotopic (exact) mass is 264 g/mol. The van der Waals surface area contributed by atoms with Crippen LogP contribution < -0.4 is 5.32 Å². The molecule has 108 valence electrons. The summed E-state index contributed by atoms with van der Waals surface area (Å²) < 4.78 is 5.67. The minimum Gasteiger partial charge on any atom is -0.377 e. The Balaban J connectivity index is 2.17. The summed E-state index contributed by atoms with van der Waals surface area (Å²) in [6.07, 6.45) is 2.27. The van der Waals surface area contributed by atoms with Crippen molar-refractivity contribution in [2.24, 2.45) is 0 Å². The zero-order valence-corrected chi connectivity index (χ0v) is 12.6. The first-order chi connectivity index (χ1) is 9.22. The summed E-state index contributed by atoms with van der Waals surface area (Å²) in [7, 11) is 4.18. The van der Waals surface area contributed by atoms with Gasteiger partial charge in [-0.25, -0.2) is 0 Å². The van der Waals surface area contributed by atoms with Gasteiger partial charge in [0.1, 0.15) is 0 Å². The topological polar surface area (TPSA) is 24.5 Å². The first-order valence-electron chi connectivity index (χ1n) is 7.23. The zero-order chi connectivity index (χ0) is 13.9. The molecule has 0 heterocycles. The average Bonchev–Trinajstić information content (AvgIpc) is 2.40. The average molecular weight is 264 g/mol. The number of rotatable bonds is 10. The van der Waals surface area contributed by atoms with E-state index in [1.165, 1.54) is 17.5 Å². The van der Waals surface area contributed by atoms with Gasteiger partial charge >= 0.3 is 0 Å². The van der Waals surface area contributed by atoms with Gasteiger partial charge in [0.15, 0.2) is 0 Å². The minimum atomic E-state index is 0.718. The van der Waals surface area contributed by atoms with Gasteiger partial charge in [-0.3, -0.25) is 0 Å². The normalized spacial score (nSPS) is 11.2. The molecule has 0 saturated carbocycles. The lowest BCUT2D eigenvalue weighted by Gasteiger charge is -2.10. The molecule has 3 nitrogen and oxygen atoms in total. The predicted molar refractivity (Wildman–Crippen MR) is 81.3 cm³/mol. The molecule has 0 atom stereocenters. The lowest BCUT2D eigenvalue weighted by Crippen LogP contribution is -2.14. The quantitative estimate of drug-likeness (QED) is 0.658. The Labute approximate surface area is 118 Å². The predicted octanol–water partition coefficient (Wildman–Crippen LogP) is 2.65. The van der Waals surface area contributed by atoms with Crippen molar-refractivity contribution in [2.75, 3.05) is 33.8 Å². The molecule has 1 aromatic rings. The third-order valence-corrected chi connectivity index (χ3v) is 2.94. The fourth-order valence-corrected chi connectivity index (χ4v) is 1.84. The first-order valence-corrected chi connectivity index (χ1v) is 7.23. The van der Waals surface area contributed by atoms with Crippen LogP contribution in [0.5, 0.6) is 0 Å². The van der Waals surface area contributed by atoms with Gasteiger partial charge in [0.2, 0.25) is 0 Å². The Hall–Kier alpha value is -0.900. The summed E-state index contributed by atoms with van der Waals surface area (Å²) in [5.41, 5.74) is 2.59. The lowest BCUT2D eigenvalue weighted by atomic mass is 10.1. The van der Waals surface area contributed by atoms with E-state index in [1.807, 2.05) is 0 Å². The van der Waals surface area contributed by atoms with Gasteiger partial charge in [-0.05, 0) is 51.2 Å². The van der Waals surface area contributed by atoms with Crippen molar-refractivity contribution < 1.29 is 4.74 Å². The Bertz CT molecular complexity index is 322. The molecule has 0 aromatic heterocycles. The van der Waals surface area contributed by atoms with E-state index < -0.39 is 0 Å². The number of nitrogens with zero attached hydrogens (tertiary/aromatic N) is 1. The molecule has 0 fully saturated rings. The van der Waals surface area contributed by atoms with Crippen LogP contribution in [0.25, 0.3) is 0 Å². The zero-order valence-electron chi connectivity index (χ0n) is 12.6. The molecule has 0 radical (unpaired) electrons. The highest BCUT2D eigenvalue weighted by molar-refractivity contribution is 5.21. The van der Waals surface area contributed by atoms with Crippen LogP contribution in [0.15, 0.2) is 24.3 Å². The van der Waals surface area contributed by atoms with Crippen molar-refractivity contribution in [2.45, 2.75) is 32.9 Å². The van der Waals surface area contributed by atoms with Gasteiger partial charge in [-0.2, -0.15) is 0 Å². The molecule has 1 N–H and O–H groups in total. The Morgan fingerprint density at radius 2 is 1.79 bits per heavy atom. The Morgan fingerprint density at radius 1 is 1.11 bits per heavy atom. The number of benzene rings is 1. The maximum atomic E-state index is 5.67. The van der Waals surface area contributed by atoms with Crippen molar-refractivity contribution in [1.29, 1.82) is 0 Å². The van der Waals surface area contributed by atoms with Crippen molar-refractivity contribution in [3.8, 4) is 0 Å². The molecule has 0 spiro atoms. The van der Waals surface area contributed by atoms with E-state index in [9.17, 15) is 0 Å².